The molecule has 0 aromatic carbocycles. The standard InChI is InChI=1S/C28H55N/c1-5-7-9-11-12-13-14-15-16-17-18-19-20-21-22-23-25-27-28(29(3)4)26-24-10-8-6-2/h12-13,15-16,28H,5-11,14,17-27H2,1-4H3/b13-12-,16-15-/t28-/m1/s1. The summed E-state index contributed by atoms with van der Waals surface area (Å²) in [4.78, 5) is 2.46. The van der Waals surface area contributed by atoms with Crippen LogP contribution in [0.3, 0.4) is 0 Å². The van der Waals surface area contributed by atoms with Crippen LogP contribution in [0.2, 0.25) is 0 Å². The molecule has 0 rings (SSSR count). The van der Waals surface area contributed by atoms with E-state index in [9.17, 15) is 0 Å². The van der Waals surface area contributed by atoms with Gasteiger partial charge in [-0.3, -0.25) is 0 Å². The lowest BCUT2D eigenvalue weighted by atomic mass is 9.99. The number of nitrogens with zero attached hydrogens (tertiary/aromatic N) is 1. The smallest absolute Gasteiger partial charge is 0.00891 e. The molecule has 0 aliphatic rings. The average molecular weight is 406 g/mol. The van der Waals surface area contributed by atoms with Crippen molar-refractivity contribution in [1.29, 1.82) is 0 Å². The van der Waals surface area contributed by atoms with Gasteiger partial charge in [-0.25, -0.2) is 0 Å². The van der Waals surface area contributed by atoms with Gasteiger partial charge in [-0.05, 0) is 59.0 Å². The fraction of sp³-hybridized carbons (Fsp3) is 0.857. The molecule has 0 bridgehead atoms. The molecule has 0 fully saturated rings. The third-order valence-corrected chi connectivity index (χ3v) is 6.11. The van der Waals surface area contributed by atoms with Crippen molar-refractivity contribution in [3.63, 3.8) is 0 Å². The quantitative estimate of drug-likeness (QED) is 0.128. The molecule has 172 valence electrons. The number of hydrogen-bond donors (Lipinski definition) is 0. The van der Waals surface area contributed by atoms with Crippen molar-refractivity contribution < 1.29 is 0 Å². The summed E-state index contributed by atoms with van der Waals surface area (Å²) in [5, 5.41) is 0. The Hall–Kier alpha value is -0.560. The van der Waals surface area contributed by atoms with E-state index in [0.717, 1.165) is 12.5 Å². The van der Waals surface area contributed by atoms with Crippen molar-refractivity contribution in [2.75, 3.05) is 14.1 Å². The molecule has 0 saturated heterocycles. The van der Waals surface area contributed by atoms with Crippen molar-refractivity contribution in [3.8, 4) is 0 Å². The summed E-state index contributed by atoms with van der Waals surface area (Å²) in [5.74, 6) is 0. The Kier molecular flexibility index (Phi) is 23.3. The number of hydrogen-bond acceptors (Lipinski definition) is 1. The number of rotatable bonds is 22. The molecule has 29 heavy (non-hydrogen) atoms. The molecule has 0 spiro atoms. The highest BCUT2D eigenvalue weighted by molar-refractivity contribution is 4.92. The summed E-state index contributed by atoms with van der Waals surface area (Å²) in [5.41, 5.74) is 0. The van der Waals surface area contributed by atoms with Gasteiger partial charge in [0.1, 0.15) is 0 Å². The molecule has 0 N–H and O–H groups in total. The maximum Gasteiger partial charge on any atom is 0.00891 e. The van der Waals surface area contributed by atoms with Crippen LogP contribution in [0.5, 0.6) is 0 Å². The molecule has 1 heteroatoms. The van der Waals surface area contributed by atoms with Gasteiger partial charge in [0, 0.05) is 6.04 Å². The molecular formula is C28H55N. The van der Waals surface area contributed by atoms with E-state index in [1.807, 2.05) is 0 Å². The molecule has 0 heterocycles. The van der Waals surface area contributed by atoms with E-state index in [2.05, 4.69) is 57.1 Å². The summed E-state index contributed by atoms with van der Waals surface area (Å²) in [6.45, 7) is 4.57. The topological polar surface area (TPSA) is 3.24 Å². The average Bonchev–Trinajstić information content (AvgIpc) is 2.71. The first-order chi connectivity index (χ1) is 14.2. The molecule has 0 amide bonds. The predicted molar refractivity (Wildman–Crippen MR) is 135 cm³/mol. The zero-order valence-corrected chi connectivity index (χ0v) is 20.8. The number of unbranched alkanes of at least 4 members (excludes halogenated alkanes) is 13. The lowest BCUT2D eigenvalue weighted by Crippen LogP contribution is -2.27. The Morgan fingerprint density at radius 1 is 0.517 bits per heavy atom. The summed E-state index contributed by atoms with van der Waals surface area (Å²) in [6.07, 6.45) is 35.5. The lowest BCUT2D eigenvalue weighted by Gasteiger charge is -2.24. The Bertz CT molecular complexity index is 355. The van der Waals surface area contributed by atoms with Crippen LogP contribution in [-0.4, -0.2) is 25.0 Å². The first kappa shape index (κ1) is 28.4. The summed E-state index contributed by atoms with van der Waals surface area (Å²) >= 11 is 0. The second-order valence-electron chi connectivity index (χ2n) is 9.19. The molecule has 0 unspecified atom stereocenters. The molecule has 0 aliphatic carbocycles. The minimum atomic E-state index is 0.810. The zero-order valence-electron chi connectivity index (χ0n) is 20.8. The molecule has 0 saturated carbocycles. The van der Waals surface area contributed by atoms with E-state index >= 15 is 0 Å². The van der Waals surface area contributed by atoms with Gasteiger partial charge < -0.3 is 4.90 Å². The van der Waals surface area contributed by atoms with Crippen LogP contribution in [0.4, 0.5) is 0 Å². The van der Waals surface area contributed by atoms with Crippen molar-refractivity contribution >= 4 is 0 Å². The SMILES string of the molecule is CCCCC/C=C\C/C=C\CCCCCCCCC[C@@H](CCCCCC)N(C)C. The summed E-state index contributed by atoms with van der Waals surface area (Å²) < 4.78 is 0. The largest absolute Gasteiger partial charge is 0.306 e. The molecular weight excluding hydrogens is 350 g/mol. The van der Waals surface area contributed by atoms with Gasteiger partial charge in [0.15, 0.2) is 0 Å². The monoisotopic (exact) mass is 405 g/mol. The summed E-state index contributed by atoms with van der Waals surface area (Å²) in [6, 6.07) is 0.810. The van der Waals surface area contributed by atoms with Crippen molar-refractivity contribution in [1.82, 2.24) is 4.90 Å². The van der Waals surface area contributed by atoms with Crippen LogP contribution >= 0.6 is 0 Å². The maximum absolute atomic E-state index is 2.46. The first-order valence-electron chi connectivity index (χ1n) is 13.2. The fourth-order valence-corrected chi connectivity index (χ4v) is 4.01. The maximum atomic E-state index is 2.46. The second-order valence-corrected chi connectivity index (χ2v) is 9.19. The second kappa shape index (κ2) is 23.7. The minimum absolute atomic E-state index is 0.810. The Morgan fingerprint density at radius 3 is 1.45 bits per heavy atom. The van der Waals surface area contributed by atoms with Crippen molar-refractivity contribution in [2.45, 2.75) is 142 Å². The van der Waals surface area contributed by atoms with Gasteiger partial charge in [-0.2, -0.15) is 0 Å². The highest BCUT2D eigenvalue weighted by atomic mass is 15.1. The van der Waals surface area contributed by atoms with Gasteiger partial charge in [-0.15, -0.1) is 0 Å². The molecule has 1 atom stereocenters. The zero-order chi connectivity index (χ0) is 21.4. The number of allylic oxidation sites excluding steroid dienone is 4. The minimum Gasteiger partial charge on any atom is -0.306 e. The third kappa shape index (κ3) is 22.0. The lowest BCUT2D eigenvalue weighted by molar-refractivity contribution is 0.251. The normalized spacial score (nSPS) is 13.3. The van der Waals surface area contributed by atoms with Crippen LogP contribution < -0.4 is 0 Å². The molecule has 0 aliphatic heterocycles. The Balaban J connectivity index is 3.41. The van der Waals surface area contributed by atoms with Gasteiger partial charge in [0.25, 0.3) is 0 Å². The van der Waals surface area contributed by atoms with Gasteiger partial charge >= 0.3 is 0 Å². The van der Waals surface area contributed by atoms with E-state index in [4.69, 9.17) is 0 Å². The van der Waals surface area contributed by atoms with E-state index in [1.54, 1.807) is 0 Å². The van der Waals surface area contributed by atoms with E-state index in [-0.39, 0.29) is 0 Å². The highest BCUT2D eigenvalue weighted by Gasteiger charge is 2.10. The van der Waals surface area contributed by atoms with Crippen LogP contribution in [0.1, 0.15) is 136 Å². The van der Waals surface area contributed by atoms with E-state index in [1.165, 1.54) is 116 Å². The predicted octanol–water partition coefficient (Wildman–Crippen LogP) is 9.48. The Morgan fingerprint density at radius 2 is 0.931 bits per heavy atom. The van der Waals surface area contributed by atoms with Crippen LogP contribution in [0.25, 0.3) is 0 Å². The van der Waals surface area contributed by atoms with E-state index in [0.29, 0.717) is 0 Å². The third-order valence-electron chi connectivity index (χ3n) is 6.11. The molecule has 1 nitrogen and oxygen atoms in total. The van der Waals surface area contributed by atoms with Gasteiger partial charge in [0.2, 0.25) is 0 Å². The Labute approximate surface area is 185 Å². The summed E-state index contributed by atoms with van der Waals surface area (Å²) in [7, 11) is 4.53. The van der Waals surface area contributed by atoms with E-state index < -0.39 is 0 Å². The molecule has 0 aromatic heterocycles. The fourth-order valence-electron chi connectivity index (χ4n) is 4.01. The first-order valence-corrected chi connectivity index (χ1v) is 13.2. The van der Waals surface area contributed by atoms with Crippen LogP contribution in [-0.2, 0) is 0 Å². The van der Waals surface area contributed by atoms with Gasteiger partial charge in [0.05, 0.1) is 0 Å². The van der Waals surface area contributed by atoms with Crippen LogP contribution in [0.15, 0.2) is 24.3 Å². The van der Waals surface area contributed by atoms with Crippen molar-refractivity contribution in [3.05, 3.63) is 24.3 Å². The van der Waals surface area contributed by atoms with Gasteiger partial charge in [-0.1, -0.05) is 115 Å². The van der Waals surface area contributed by atoms with Crippen LogP contribution in [0, 0.1) is 0 Å². The molecule has 0 aromatic rings. The highest BCUT2D eigenvalue weighted by Crippen LogP contribution is 2.17. The van der Waals surface area contributed by atoms with Crippen molar-refractivity contribution in [2.24, 2.45) is 0 Å². The molecule has 0 radical (unpaired) electrons.